The Morgan fingerprint density at radius 1 is 1.35 bits per heavy atom. The van der Waals surface area contributed by atoms with E-state index in [-0.39, 0.29) is 11.8 Å². The van der Waals surface area contributed by atoms with Crippen LogP contribution in [0.5, 0.6) is 0 Å². The maximum atomic E-state index is 12.8. The molecule has 6 heteroatoms. The third kappa shape index (κ3) is 4.01. The van der Waals surface area contributed by atoms with Crippen molar-refractivity contribution < 1.29 is 9.90 Å². The second kappa shape index (κ2) is 7.27. The van der Waals surface area contributed by atoms with Crippen molar-refractivity contribution in [3.63, 3.8) is 0 Å². The Morgan fingerprint density at radius 3 is 2.69 bits per heavy atom. The van der Waals surface area contributed by atoms with Crippen LogP contribution < -0.4 is 10.6 Å². The molecule has 1 heterocycles. The highest BCUT2D eigenvalue weighted by atomic mass is 16.3. The number of nitrogens with two attached hydrogens (primary N) is 1. The number of hydrogen-bond acceptors (Lipinski definition) is 4. The van der Waals surface area contributed by atoms with Gasteiger partial charge in [0.25, 0.3) is 0 Å². The number of carbonyl (C=O) groups is 1. The molecule has 6 nitrogen and oxygen atoms in total. The van der Waals surface area contributed by atoms with Gasteiger partial charge >= 0.3 is 0 Å². The normalized spacial score (nSPS) is 16.2. The molecule has 3 N–H and O–H groups in total. The van der Waals surface area contributed by atoms with E-state index in [0.717, 1.165) is 42.4 Å². The number of imidazole rings is 1. The molecule has 1 aromatic heterocycles. The SMILES string of the molecule is CN(C(=O)C1CCCCC1)c1ccc2c(c1)nc(N)n2CCC(C)(C)O. The van der Waals surface area contributed by atoms with E-state index < -0.39 is 5.60 Å². The molecule has 0 saturated heterocycles. The van der Waals surface area contributed by atoms with Gasteiger partial charge in [-0.05, 0) is 51.3 Å². The van der Waals surface area contributed by atoms with Crippen LogP contribution in [0.25, 0.3) is 11.0 Å². The van der Waals surface area contributed by atoms with E-state index in [9.17, 15) is 9.90 Å². The molecule has 1 amide bonds. The molecule has 0 unspecified atom stereocenters. The highest BCUT2D eigenvalue weighted by molar-refractivity contribution is 5.96. The Morgan fingerprint density at radius 2 is 2.04 bits per heavy atom. The van der Waals surface area contributed by atoms with Crippen molar-refractivity contribution in [3.05, 3.63) is 18.2 Å². The Kier molecular flexibility index (Phi) is 5.23. The predicted octanol–water partition coefficient (Wildman–Crippen LogP) is 3.32. The first-order valence-corrected chi connectivity index (χ1v) is 9.52. The number of nitrogens with zero attached hydrogens (tertiary/aromatic N) is 3. The summed E-state index contributed by atoms with van der Waals surface area (Å²) in [6.07, 6.45) is 6.09. The van der Waals surface area contributed by atoms with Gasteiger partial charge in [-0.2, -0.15) is 0 Å². The Bertz CT molecular complexity index is 785. The largest absolute Gasteiger partial charge is 0.390 e. The van der Waals surface area contributed by atoms with Crippen LogP contribution in [0.4, 0.5) is 11.6 Å². The average molecular weight is 358 g/mol. The summed E-state index contributed by atoms with van der Waals surface area (Å²) in [4.78, 5) is 19.0. The van der Waals surface area contributed by atoms with Gasteiger partial charge in [0.1, 0.15) is 0 Å². The monoisotopic (exact) mass is 358 g/mol. The number of aryl methyl sites for hydroxylation is 1. The molecule has 0 radical (unpaired) electrons. The molecule has 0 aliphatic heterocycles. The first kappa shape index (κ1) is 18.7. The number of nitrogen functional groups attached to an aromatic ring is 1. The number of aromatic nitrogens is 2. The Labute approximate surface area is 155 Å². The topological polar surface area (TPSA) is 84.4 Å². The molecule has 3 rings (SSSR count). The number of anilines is 2. The van der Waals surface area contributed by atoms with E-state index in [1.54, 1.807) is 18.7 Å². The Hall–Kier alpha value is -2.08. The zero-order valence-electron chi connectivity index (χ0n) is 16.0. The lowest BCUT2D eigenvalue weighted by Gasteiger charge is -2.26. The fourth-order valence-electron chi connectivity index (χ4n) is 3.72. The van der Waals surface area contributed by atoms with Gasteiger partial charge in [-0.3, -0.25) is 4.79 Å². The molecule has 0 atom stereocenters. The summed E-state index contributed by atoms with van der Waals surface area (Å²) in [5.41, 5.74) is 7.87. The smallest absolute Gasteiger partial charge is 0.229 e. The number of rotatable bonds is 5. The molecular weight excluding hydrogens is 328 g/mol. The number of benzene rings is 1. The maximum Gasteiger partial charge on any atom is 0.229 e. The van der Waals surface area contributed by atoms with Crippen molar-refractivity contribution >= 4 is 28.6 Å². The molecule has 0 spiro atoms. The Balaban J connectivity index is 1.82. The molecule has 1 aromatic carbocycles. The van der Waals surface area contributed by atoms with Crippen LogP contribution in [0.3, 0.4) is 0 Å². The van der Waals surface area contributed by atoms with E-state index in [4.69, 9.17) is 5.73 Å². The van der Waals surface area contributed by atoms with Gasteiger partial charge in [-0.25, -0.2) is 4.98 Å². The quantitative estimate of drug-likeness (QED) is 0.859. The van der Waals surface area contributed by atoms with Crippen molar-refractivity contribution in [2.45, 2.75) is 64.5 Å². The van der Waals surface area contributed by atoms with Crippen LogP contribution in [0, 0.1) is 5.92 Å². The van der Waals surface area contributed by atoms with Crippen molar-refractivity contribution in [1.82, 2.24) is 9.55 Å². The first-order valence-electron chi connectivity index (χ1n) is 9.52. The molecular formula is C20H30N4O2. The lowest BCUT2D eigenvalue weighted by atomic mass is 9.88. The van der Waals surface area contributed by atoms with Gasteiger partial charge in [0, 0.05) is 25.2 Å². The number of carbonyl (C=O) groups excluding carboxylic acids is 1. The summed E-state index contributed by atoms with van der Waals surface area (Å²) < 4.78 is 1.92. The van der Waals surface area contributed by atoms with Crippen LogP contribution in [0.15, 0.2) is 18.2 Å². The maximum absolute atomic E-state index is 12.8. The minimum Gasteiger partial charge on any atom is -0.390 e. The van der Waals surface area contributed by atoms with Crippen molar-refractivity contribution in [3.8, 4) is 0 Å². The summed E-state index contributed by atoms with van der Waals surface area (Å²) in [6.45, 7) is 4.17. The number of fused-ring (bicyclic) bond motifs is 1. The summed E-state index contributed by atoms with van der Waals surface area (Å²) in [5, 5.41) is 9.96. The number of aliphatic hydroxyl groups is 1. The predicted molar refractivity (Wildman–Crippen MR) is 105 cm³/mol. The van der Waals surface area contributed by atoms with Crippen LogP contribution in [0.1, 0.15) is 52.4 Å². The number of hydrogen-bond donors (Lipinski definition) is 2. The zero-order valence-corrected chi connectivity index (χ0v) is 16.0. The van der Waals surface area contributed by atoms with E-state index in [2.05, 4.69) is 4.98 Å². The molecule has 1 fully saturated rings. The van der Waals surface area contributed by atoms with Crippen LogP contribution in [0.2, 0.25) is 0 Å². The molecule has 26 heavy (non-hydrogen) atoms. The summed E-state index contributed by atoms with van der Waals surface area (Å²) in [6, 6.07) is 5.83. The lowest BCUT2D eigenvalue weighted by molar-refractivity contribution is -0.123. The second-order valence-corrected chi connectivity index (χ2v) is 8.09. The van der Waals surface area contributed by atoms with Gasteiger partial charge in [0.15, 0.2) is 0 Å². The molecule has 1 saturated carbocycles. The second-order valence-electron chi connectivity index (χ2n) is 8.09. The van der Waals surface area contributed by atoms with Crippen molar-refractivity contribution in [1.29, 1.82) is 0 Å². The molecule has 1 aliphatic rings. The fourth-order valence-corrected chi connectivity index (χ4v) is 3.72. The van der Waals surface area contributed by atoms with E-state index >= 15 is 0 Å². The molecule has 142 valence electrons. The van der Waals surface area contributed by atoms with Gasteiger partial charge in [-0.15, -0.1) is 0 Å². The van der Waals surface area contributed by atoms with Gasteiger partial charge in [0.2, 0.25) is 11.9 Å². The van der Waals surface area contributed by atoms with Crippen molar-refractivity contribution in [2.24, 2.45) is 5.92 Å². The minimum absolute atomic E-state index is 0.138. The zero-order chi connectivity index (χ0) is 18.9. The number of amides is 1. The van der Waals surface area contributed by atoms with Crippen LogP contribution >= 0.6 is 0 Å². The first-order chi connectivity index (χ1) is 12.3. The van der Waals surface area contributed by atoms with Gasteiger partial charge < -0.3 is 20.3 Å². The molecule has 1 aliphatic carbocycles. The van der Waals surface area contributed by atoms with Gasteiger partial charge in [0.05, 0.1) is 16.6 Å². The third-order valence-electron chi connectivity index (χ3n) is 5.38. The third-order valence-corrected chi connectivity index (χ3v) is 5.38. The van der Waals surface area contributed by atoms with E-state index in [1.807, 2.05) is 29.8 Å². The van der Waals surface area contributed by atoms with Gasteiger partial charge in [-0.1, -0.05) is 19.3 Å². The average Bonchev–Trinajstić information content (AvgIpc) is 2.93. The van der Waals surface area contributed by atoms with E-state index in [0.29, 0.717) is 18.9 Å². The van der Waals surface area contributed by atoms with Crippen LogP contribution in [-0.2, 0) is 11.3 Å². The highest BCUT2D eigenvalue weighted by Gasteiger charge is 2.25. The summed E-state index contributed by atoms with van der Waals surface area (Å²) in [7, 11) is 1.84. The molecule has 0 bridgehead atoms. The summed E-state index contributed by atoms with van der Waals surface area (Å²) in [5.74, 6) is 0.764. The lowest BCUT2D eigenvalue weighted by Crippen LogP contribution is -2.33. The van der Waals surface area contributed by atoms with Crippen LogP contribution in [-0.4, -0.2) is 33.2 Å². The highest BCUT2D eigenvalue weighted by Crippen LogP contribution is 2.29. The minimum atomic E-state index is -0.754. The van der Waals surface area contributed by atoms with E-state index in [1.165, 1.54) is 6.42 Å². The van der Waals surface area contributed by atoms with Crippen molar-refractivity contribution in [2.75, 3.05) is 17.7 Å². The standard InChI is InChI=1S/C20H30N4O2/c1-20(2,26)11-12-24-17-10-9-15(13-16(17)22-19(24)21)23(3)18(25)14-7-5-4-6-8-14/h9-10,13-14,26H,4-8,11-12H2,1-3H3,(H2,21,22). The fraction of sp³-hybridized carbons (Fsp3) is 0.600. The summed E-state index contributed by atoms with van der Waals surface area (Å²) >= 11 is 0. The molecule has 2 aromatic rings.